The molecule has 1 fully saturated rings. The van der Waals surface area contributed by atoms with Crippen LogP contribution in [0, 0.1) is 0 Å². The third-order valence-corrected chi connectivity index (χ3v) is 7.95. The van der Waals surface area contributed by atoms with Gasteiger partial charge in [0, 0.05) is 26.2 Å². The number of thiophene rings is 1. The summed E-state index contributed by atoms with van der Waals surface area (Å²) in [5.41, 5.74) is 0. The van der Waals surface area contributed by atoms with Crippen LogP contribution >= 0.6 is 38.9 Å². The summed E-state index contributed by atoms with van der Waals surface area (Å²) in [6, 6.07) is 1.44. The SMILES string of the molecule is O=C(O)CN1CCCN(S(=O)(=O)c2cc(Cl)c(Br)s2)CC1. The minimum absolute atomic E-state index is 0.0652. The molecule has 1 aromatic heterocycles. The summed E-state index contributed by atoms with van der Waals surface area (Å²) in [6.07, 6.45) is 0.604. The zero-order valence-corrected chi connectivity index (χ0v) is 14.9. The fourth-order valence-corrected chi connectivity index (χ4v) is 6.14. The molecule has 118 valence electrons. The van der Waals surface area contributed by atoms with E-state index in [1.165, 1.54) is 10.4 Å². The van der Waals surface area contributed by atoms with Crippen molar-refractivity contribution in [3.8, 4) is 0 Å². The molecular weight excluding hydrogens is 404 g/mol. The molecule has 0 radical (unpaired) electrons. The van der Waals surface area contributed by atoms with Crippen molar-refractivity contribution in [1.29, 1.82) is 0 Å². The lowest BCUT2D eigenvalue weighted by atomic mass is 10.4. The van der Waals surface area contributed by atoms with Gasteiger partial charge in [0.15, 0.2) is 0 Å². The molecule has 0 unspecified atom stereocenters. The van der Waals surface area contributed by atoms with Crippen LogP contribution in [0.15, 0.2) is 14.1 Å². The lowest BCUT2D eigenvalue weighted by Crippen LogP contribution is -2.36. The second-order valence-electron chi connectivity index (χ2n) is 4.61. The predicted octanol–water partition coefficient (Wildman–Crippen LogP) is 1.95. The molecule has 1 saturated heterocycles. The van der Waals surface area contributed by atoms with E-state index in [4.69, 9.17) is 16.7 Å². The first-order valence-electron chi connectivity index (χ1n) is 6.20. The van der Waals surface area contributed by atoms with Gasteiger partial charge >= 0.3 is 5.97 Å². The van der Waals surface area contributed by atoms with Crippen LogP contribution in [0.4, 0.5) is 0 Å². The zero-order valence-electron chi connectivity index (χ0n) is 11.0. The van der Waals surface area contributed by atoms with Crippen molar-refractivity contribution in [2.45, 2.75) is 10.6 Å². The minimum atomic E-state index is -3.58. The molecule has 1 aliphatic rings. The number of hydrogen-bond donors (Lipinski definition) is 1. The smallest absolute Gasteiger partial charge is 0.317 e. The maximum Gasteiger partial charge on any atom is 0.317 e. The molecule has 1 aliphatic heterocycles. The van der Waals surface area contributed by atoms with Gasteiger partial charge in [-0.15, -0.1) is 11.3 Å². The van der Waals surface area contributed by atoms with Gasteiger partial charge in [0.05, 0.1) is 15.4 Å². The van der Waals surface area contributed by atoms with Crippen molar-refractivity contribution in [1.82, 2.24) is 9.21 Å². The quantitative estimate of drug-likeness (QED) is 0.810. The van der Waals surface area contributed by atoms with Crippen LogP contribution < -0.4 is 0 Å². The molecule has 10 heteroatoms. The van der Waals surface area contributed by atoms with Crippen LogP contribution in [0.2, 0.25) is 5.02 Å². The number of carboxylic acids is 1. The van der Waals surface area contributed by atoms with E-state index in [0.29, 0.717) is 34.9 Å². The highest BCUT2D eigenvalue weighted by molar-refractivity contribution is 9.11. The maximum atomic E-state index is 12.6. The Kier molecular flexibility index (Phi) is 5.66. The highest BCUT2D eigenvalue weighted by atomic mass is 79.9. The third kappa shape index (κ3) is 4.17. The fourth-order valence-electron chi connectivity index (χ4n) is 2.12. The number of rotatable bonds is 4. The molecule has 2 heterocycles. The second-order valence-corrected chi connectivity index (χ2v) is 9.56. The van der Waals surface area contributed by atoms with E-state index >= 15 is 0 Å². The van der Waals surface area contributed by atoms with Crippen molar-refractivity contribution < 1.29 is 18.3 Å². The molecule has 0 aliphatic carbocycles. The third-order valence-electron chi connectivity index (χ3n) is 3.12. The highest BCUT2D eigenvalue weighted by Gasteiger charge is 2.29. The molecule has 0 atom stereocenters. The van der Waals surface area contributed by atoms with Gasteiger partial charge in [-0.2, -0.15) is 4.31 Å². The maximum absolute atomic E-state index is 12.6. The van der Waals surface area contributed by atoms with Gasteiger partial charge in [-0.25, -0.2) is 8.42 Å². The predicted molar refractivity (Wildman–Crippen MR) is 84.5 cm³/mol. The fraction of sp³-hybridized carbons (Fsp3) is 0.545. The van der Waals surface area contributed by atoms with Gasteiger partial charge in [0.25, 0.3) is 10.0 Å². The Balaban J connectivity index is 2.12. The Bertz CT molecular complexity index is 615. The first-order chi connectivity index (χ1) is 9.80. The molecule has 0 bridgehead atoms. The Hall–Kier alpha value is -0.190. The summed E-state index contributed by atoms with van der Waals surface area (Å²) in [5, 5.41) is 9.18. The Morgan fingerprint density at radius 3 is 2.67 bits per heavy atom. The normalized spacial score (nSPS) is 18.6. The largest absolute Gasteiger partial charge is 0.480 e. The van der Waals surface area contributed by atoms with Gasteiger partial charge in [-0.05, 0) is 28.4 Å². The molecule has 0 spiro atoms. The van der Waals surface area contributed by atoms with E-state index in [1.807, 2.05) is 0 Å². The Morgan fingerprint density at radius 1 is 1.38 bits per heavy atom. The summed E-state index contributed by atoms with van der Waals surface area (Å²) in [6.45, 7) is 1.58. The summed E-state index contributed by atoms with van der Waals surface area (Å²) < 4.78 is 27.3. The molecule has 0 aromatic carbocycles. The van der Waals surface area contributed by atoms with Gasteiger partial charge in [0.2, 0.25) is 0 Å². The summed E-state index contributed by atoms with van der Waals surface area (Å²) in [5.74, 6) is -0.903. The number of halogens is 2. The molecule has 0 amide bonds. The number of hydrogen-bond acceptors (Lipinski definition) is 5. The first-order valence-corrected chi connectivity index (χ1v) is 9.62. The van der Waals surface area contributed by atoms with Crippen molar-refractivity contribution >= 4 is 54.9 Å². The van der Waals surface area contributed by atoms with Crippen LogP contribution in [0.3, 0.4) is 0 Å². The molecule has 1 aromatic rings. The summed E-state index contributed by atoms with van der Waals surface area (Å²) >= 11 is 10.2. The number of aliphatic carboxylic acids is 1. The summed E-state index contributed by atoms with van der Waals surface area (Å²) in [7, 11) is -3.58. The minimum Gasteiger partial charge on any atom is -0.480 e. The first kappa shape index (κ1) is 17.2. The van der Waals surface area contributed by atoms with Gasteiger partial charge in [-0.1, -0.05) is 11.6 Å². The zero-order chi connectivity index (χ0) is 15.6. The van der Waals surface area contributed by atoms with E-state index in [2.05, 4.69) is 15.9 Å². The van der Waals surface area contributed by atoms with Gasteiger partial charge in [0.1, 0.15) is 4.21 Å². The van der Waals surface area contributed by atoms with Crippen molar-refractivity contribution in [2.24, 2.45) is 0 Å². The lowest BCUT2D eigenvalue weighted by Gasteiger charge is -2.19. The van der Waals surface area contributed by atoms with Crippen LogP contribution in [0.5, 0.6) is 0 Å². The van der Waals surface area contributed by atoms with Crippen LogP contribution in [0.25, 0.3) is 0 Å². The van der Waals surface area contributed by atoms with E-state index in [-0.39, 0.29) is 17.3 Å². The van der Waals surface area contributed by atoms with Gasteiger partial charge < -0.3 is 5.11 Å². The number of carbonyl (C=O) groups is 1. The number of nitrogens with zero attached hydrogens (tertiary/aromatic N) is 2. The number of carboxylic acid groups (broad SMARTS) is 1. The van der Waals surface area contributed by atoms with Crippen molar-refractivity contribution in [2.75, 3.05) is 32.7 Å². The molecule has 1 N–H and O–H groups in total. The van der Waals surface area contributed by atoms with Crippen LogP contribution in [-0.4, -0.2) is 61.4 Å². The average Bonchev–Trinajstić information content (AvgIpc) is 2.62. The Labute approximate surface area is 140 Å². The molecular formula is C11H14BrClN2O4S2. The Morgan fingerprint density at radius 2 is 2.10 bits per heavy atom. The second kappa shape index (κ2) is 6.93. The standard InChI is InChI=1S/C11H14BrClN2O4S2/c12-11-8(13)6-10(20-11)21(18,19)15-3-1-2-14(4-5-15)7-9(16)17/h6H,1-5,7H2,(H,16,17). The number of sulfonamides is 1. The molecule has 6 nitrogen and oxygen atoms in total. The lowest BCUT2D eigenvalue weighted by molar-refractivity contribution is -0.138. The van der Waals surface area contributed by atoms with E-state index < -0.39 is 16.0 Å². The highest BCUT2D eigenvalue weighted by Crippen LogP contribution is 2.36. The van der Waals surface area contributed by atoms with Crippen molar-refractivity contribution in [3.63, 3.8) is 0 Å². The van der Waals surface area contributed by atoms with E-state index in [9.17, 15) is 13.2 Å². The molecule has 0 saturated carbocycles. The molecule has 21 heavy (non-hydrogen) atoms. The average molecular weight is 418 g/mol. The monoisotopic (exact) mass is 416 g/mol. The molecule has 2 rings (SSSR count). The summed E-state index contributed by atoms with van der Waals surface area (Å²) in [4.78, 5) is 12.5. The van der Waals surface area contributed by atoms with Crippen molar-refractivity contribution in [3.05, 3.63) is 14.9 Å². The topological polar surface area (TPSA) is 77.9 Å². The van der Waals surface area contributed by atoms with Crippen LogP contribution in [0.1, 0.15) is 6.42 Å². The van der Waals surface area contributed by atoms with E-state index in [0.717, 1.165) is 11.3 Å². The van der Waals surface area contributed by atoms with E-state index in [1.54, 1.807) is 4.90 Å². The van der Waals surface area contributed by atoms with Crippen LogP contribution in [-0.2, 0) is 14.8 Å². The van der Waals surface area contributed by atoms with Gasteiger partial charge in [-0.3, -0.25) is 9.69 Å².